The Hall–Kier alpha value is -1.89. The molecule has 6 fully saturated rings. The molecule has 6 aliphatic rings. The lowest BCUT2D eigenvalue weighted by Gasteiger charge is -2.42. The summed E-state index contributed by atoms with van der Waals surface area (Å²) >= 11 is 0. The maximum absolute atomic E-state index is 14.2. The van der Waals surface area contributed by atoms with Gasteiger partial charge in [-0.2, -0.15) is 119 Å². The van der Waals surface area contributed by atoms with Gasteiger partial charge in [-0.15, -0.1) is 0 Å². The normalized spacial score (nSPS) is 30.4. The lowest BCUT2D eigenvalue weighted by atomic mass is 9.67. The van der Waals surface area contributed by atoms with E-state index >= 15 is 0 Å². The molecule has 0 nitrogen and oxygen atoms in total. The van der Waals surface area contributed by atoms with E-state index in [2.05, 4.69) is 20.8 Å². The van der Waals surface area contributed by atoms with Gasteiger partial charge < -0.3 is 0 Å². The summed E-state index contributed by atoms with van der Waals surface area (Å²) < 4.78 is 356. The first-order valence-corrected chi connectivity index (χ1v) is 31.4. The molecular weight excluding hydrogens is 1230 g/mol. The molecule has 0 aliphatic heterocycles. The van der Waals surface area contributed by atoms with Crippen molar-refractivity contribution in [3.05, 3.63) is 0 Å². The van der Waals surface area contributed by atoms with E-state index in [9.17, 15) is 119 Å². The highest BCUT2D eigenvalue weighted by Gasteiger charge is 2.85. The van der Waals surface area contributed by atoms with Crippen molar-refractivity contribution in [2.24, 2.45) is 71.0 Å². The third-order valence-corrected chi connectivity index (χ3v) is 20.9. The van der Waals surface area contributed by atoms with E-state index in [1.807, 2.05) is 0 Å². The van der Waals surface area contributed by atoms with Gasteiger partial charge in [-0.1, -0.05) is 117 Å². The van der Waals surface area contributed by atoms with Crippen molar-refractivity contribution >= 4 is 0 Å². The van der Waals surface area contributed by atoms with Crippen LogP contribution in [-0.2, 0) is 0 Å². The highest BCUT2D eigenvalue weighted by Crippen LogP contribution is 2.62. The molecule has 0 unspecified atom stereocenters. The van der Waals surface area contributed by atoms with E-state index in [4.69, 9.17) is 0 Å². The van der Waals surface area contributed by atoms with E-state index in [0.29, 0.717) is 35.5 Å². The molecule has 0 aromatic rings. The Bertz CT molecular complexity index is 1980. The van der Waals surface area contributed by atoms with Crippen LogP contribution < -0.4 is 0 Å². The molecule has 0 radical (unpaired) electrons. The smallest absolute Gasteiger partial charge is 0.199 e. The molecule has 0 bridgehead atoms. The van der Waals surface area contributed by atoms with Crippen LogP contribution in [0.25, 0.3) is 0 Å². The predicted octanol–water partition coefficient (Wildman–Crippen LogP) is 24.8. The van der Waals surface area contributed by atoms with Crippen LogP contribution in [0.2, 0.25) is 0 Å². The Kier molecular flexibility index (Phi) is 26.8. The fourth-order valence-electron chi connectivity index (χ4n) is 15.2. The zero-order valence-electron chi connectivity index (χ0n) is 49.5. The minimum atomic E-state index is -6.78. The van der Waals surface area contributed by atoms with Gasteiger partial charge in [0.1, 0.15) is 0 Å². The molecule has 0 atom stereocenters. The summed E-state index contributed by atoms with van der Waals surface area (Å²) in [4.78, 5) is 0. The average Bonchev–Trinajstić information content (AvgIpc) is 0.768. The van der Waals surface area contributed by atoms with Crippen molar-refractivity contribution in [1.29, 1.82) is 0 Å². The zero-order chi connectivity index (χ0) is 66.3. The van der Waals surface area contributed by atoms with Gasteiger partial charge in [0.05, 0.1) is 0 Å². The van der Waals surface area contributed by atoms with Crippen LogP contribution in [0.4, 0.5) is 119 Å². The van der Waals surface area contributed by atoms with Gasteiger partial charge in [-0.25, -0.2) is 0 Å². The zero-order valence-corrected chi connectivity index (χ0v) is 49.5. The SMILES string of the molecule is CCCCC[C@H]1CC[C@H](C2CCC(C(F)(F)C(F)(F)C(F)(F)C(F)(F)F)CC2)CC1.CCCC[C@H]1CC[C@H](C2CCC(C(F)(F)C(F)(F)C(F)(F)C(F)(F)F)CC2)CC1.CCC[C@H]1CC[C@H](C2CCC(C(F)(F)C(F)(F)C(F)(F)C(F)(F)F)CC2)CC1. The Labute approximate surface area is 493 Å². The summed E-state index contributed by atoms with van der Waals surface area (Å²) in [7, 11) is 0. The van der Waals surface area contributed by atoms with Crippen molar-refractivity contribution in [3.8, 4) is 0 Å². The maximum atomic E-state index is 14.2. The quantitative estimate of drug-likeness (QED) is 0.0794. The summed E-state index contributed by atoms with van der Waals surface area (Å²) in [5, 5.41) is 0. The molecular formula is C60H87F27. The largest absolute Gasteiger partial charge is 0.460 e. The topological polar surface area (TPSA) is 0 Å². The Morgan fingerprint density at radius 1 is 0.207 bits per heavy atom. The minimum Gasteiger partial charge on any atom is -0.199 e. The molecule has 0 spiro atoms. The van der Waals surface area contributed by atoms with Gasteiger partial charge in [-0.3, -0.25) is 0 Å². The molecule has 0 aromatic carbocycles. The molecule has 0 amide bonds. The molecule has 6 aliphatic carbocycles. The highest BCUT2D eigenvalue weighted by molar-refractivity contribution is 5.07. The fourth-order valence-corrected chi connectivity index (χ4v) is 15.2. The third kappa shape index (κ3) is 17.3. The standard InChI is InChI=1S/C21H31F9.C20H29F9.C19H27F9/c1-2-3-4-5-14-6-8-15(9-7-14)16-10-12-17(13-11-16)18(22,23)19(24,25)20(26,27)21(28,29)30;1-2-3-4-13-5-7-14(8-6-13)15-9-11-16(12-10-15)17(21,22)18(23,24)19(25,26)20(27,28)29;1-2-3-12-4-6-13(7-5-12)14-8-10-15(11-9-14)16(20,21)17(22,23)18(24,25)19(26,27)28/h14-17H,2-13H2,1H3;13-16H,2-12H2,1H3;12-15H,2-11H2,1H3/t14-,15-,16?,17?;13-,14-,15?,16?;12-,13-,14?,15?. The van der Waals surface area contributed by atoms with E-state index < -0.39 is 128 Å². The van der Waals surface area contributed by atoms with Crippen molar-refractivity contribution in [3.63, 3.8) is 0 Å². The van der Waals surface area contributed by atoms with Gasteiger partial charge >= 0.3 is 71.8 Å². The van der Waals surface area contributed by atoms with Crippen LogP contribution in [0.3, 0.4) is 0 Å². The molecule has 27 heteroatoms. The van der Waals surface area contributed by atoms with Gasteiger partial charge in [0.2, 0.25) is 0 Å². The minimum absolute atomic E-state index is 0.0467. The second-order valence-corrected chi connectivity index (χ2v) is 26.4. The first-order chi connectivity index (χ1) is 39.8. The van der Waals surface area contributed by atoms with Crippen molar-refractivity contribution in [1.82, 2.24) is 0 Å². The van der Waals surface area contributed by atoms with Crippen LogP contribution in [-0.4, -0.2) is 71.8 Å². The number of rotatable bonds is 21. The highest BCUT2D eigenvalue weighted by atomic mass is 19.4. The monoisotopic (exact) mass is 1320 g/mol. The first kappa shape index (κ1) is 77.6. The number of alkyl halides is 27. The summed E-state index contributed by atoms with van der Waals surface area (Å²) in [5.74, 6) is -59.6. The van der Waals surface area contributed by atoms with Crippen LogP contribution in [0.1, 0.15) is 233 Å². The molecule has 0 heterocycles. The lowest BCUT2D eigenvalue weighted by molar-refractivity contribution is -0.404. The second kappa shape index (κ2) is 30.0. The summed E-state index contributed by atoms with van der Waals surface area (Å²) in [6.07, 6.45) is 0.166. The summed E-state index contributed by atoms with van der Waals surface area (Å²) in [6, 6.07) is 0. The lowest BCUT2D eigenvalue weighted by Crippen LogP contribution is -2.63. The average molecular weight is 1320 g/mol. The Balaban J connectivity index is 0.000000279. The summed E-state index contributed by atoms with van der Waals surface area (Å²) in [6.45, 7) is 6.36. The molecule has 6 saturated carbocycles. The number of halogens is 27. The Morgan fingerprint density at radius 3 is 0.598 bits per heavy atom. The van der Waals surface area contributed by atoms with Gasteiger partial charge in [-0.05, 0) is 169 Å². The molecule has 0 saturated heterocycles. The molecule has 87 heavy (non-hydrogen) atoms. The Morgan fingerprint density at radius 2 is 0.402 bits per heavy atom. The van der Waals surface area contributed by atoms with E-state index in [1.165, 1.54) is 19.3 Å². The number of unbranched alkanes of at least 4 members (excludes halogenated alkanes) is 3. The van der Waals surface area contributed by atoms with Gasteiger partial charge in [0.25, 0.3) is 0 Å². The van der Waals surface area contributed by atoms with Gasteiger partial charge in [0, 0.05) is 17.8 Å². The summed E-state index contributed by atoms with van der Waals surface area (Å²) in [5.41, 5.74) is 0. The predicted molar refractivity (Wildman–Crippen MR) is 274 cm³/mol. The fraction of sp³-hybridized carbons (Fsp3) is 1.00. The van der Waals surface area contributed by atoms with E-state index in [1.54, 1.807) is 0 Å². The third-order valence-electron chi connectivity index (χ3n) is 20.9. The van der Waals surface area contributed by atoms with E-state index in [-0.39, 0.29) is 56.3 Å². The maximum Gasteiger partial charge on any atom is 0.460 e. The molecule has 6 rings (SSSR count). The molecule has 0 aromatic heterocycles. The number of hydrogen-bond donors (Lipinski definition) is 0. The van der Waals surface area contributed by atoms with Crippen LogP contribution in [0.15, 0.2) is 0 Å². The van der Waals surface area contributed by atoms with Crippen molar-refractivity contribution in [2.45, 2.75) is 304 Å². The van der Waals surface area contributed by atoms with Crippen LogP contribution in [0, 0.1) is 71.0 Å². The number of hydrogen-bond acceptors (Lipinski definition) is 0. The molecule has 516 valence electrons. The van der Waals surface area contributed by atoms with Gasteiger partial charge in [0.15, 0.2) is 0 Å². The van der Waals surface area contributed by atoms with E-state index in [0.717, 1.165) is 116 Å². The first-order valence-electron chi connectivity index (χ1n) is 31.4. The van der Waals surface area contributed by atoms with Crippen molar-refractivity contribution < 1.29 is 119 Å². The van der Waals surface area contributed by atoms with Crippen LogP contribution >= 0.6 is 0 Å². The van der Waals surface area contributed by atoms with Crippen LogP contribution in [0.5, 0.6) is 0 Å². The van der Waals surface area contributed by atoms with Crippen molar-refractivity contribution in [2.75, 3.05) is 0 Å². The second-order valence-electron chi connectivity index (χ2n) is 26.4. The molecule has 0 N–H and O–H groups in total.